The number of rotatable bonds is 4. The zero-order valence-electron chi connectivity index (χ0n) is 9.29. The molecule has 0 saturated carbocycles. The quantitative estimate of drug-likeness (QED) is 0.845. The number of nitrogens with one attached hydrogen (secondary N) is 1. The third kappa shape index (κ3) is 3.54. The van der Waals surface area contributed by atoms with Crippen molar-refractivity contribution in [3.05, 3.63) is 29.8 Å². The van der Waals surface area contributed by atoms with E-state index in [4.69, 9.17) is 4.74 Å². The molecular weight excluding hydrogens is 207 g/mol. The average Bonchev–Trinajstić information content (AvgIpc) is 2.30. The van der Waals surface area contributed by atoms with E-state index in [9.17, 15) is 4.39 Å². The monoisotopic (exact) mass is 224 g/mol. The molecule has 16 heavy (non-hydrogen) atoms. The fourth-order valence-electron chi connectivity index (χ4n) is 1.94. The summed E-state index contributed by atoms with van der Waals surface area (Å²) in [5.41, 5.74) is 0.886. The van der Waals surface area contributed by atoms with Gasteiger partial charge in [-0.1, -0.05) is 0 Å². The standard InChI is InChI=1S/C12H17FN2O/c13-12-4-11(7-15-8-12)6-14-5-10-2-1-3-16-9-10/h4,7-8,10,14H,1-3,5-6,9H2. The molecule has 1 fully saturated rings. The zero-order chi connectivity index (χ0) is 11.2. The van der Waals surface area contributed by atoms with E-state index in [0.717, 1.165) is 31.7 Å². The van der Waals surface area contributed by atoms with E-state index >= 15 is 0 Å². The fraction of sp³-hybridized carbons (Fsp3) is 0.583. The second-order valence-electron chi connectivity index (χ2n) is 4.23. The van der Waals surface area contributed by atoms with Gasteiger partial charge in [-0.3, -0.25) is 4.98 Å². The van der Waals surface area contributed by atoms with Gasteiger partial charge in [-0.05, 0) is 30.4 Å². The van der Waals surface area contributed by atoms with Crippen molar-refractivity contribution in [3.8, 4) is 0 Å². The van der Waals surface area contributed by atoms with Crippen LogP contribution in [0, 0.1) is 11.7 Å². The van der Waals surface area contributed by atoms with E-state index < -0.39 is 0 Å². The molecule has 0 aromatic carbocycles. The molecule has 1 aliphatic heterocycles. The first-order valence-corrected chi connectivity index (χ1v) is 5.72. The Balaban J connectivity index is 1.71. The van der Waals surface area contributed by atoms with Crippen LogP contribution in [0.3, 0.4) is 0 Å². The molecule has 2 rings (SSSR count). The SMILES string of the molecule is Fc1cncc(CNCC2CCCOC2)c1. The lowest BCUT2D eigenvalue weighted by molar-refractivity contribution is 0.0547. The lowest BCUT2D eigenvalue weighted by Gasteiger charge is -2.22. The van der Waals surface area contributed by atoms with Crippen LogP contribution >= 0.6 is 0 Å². The van der Waals surface area contributed by atoms with Gasteiger partial charge in [0.25, 0.3) is 0 Å². The van der Waals surface area contributed by atoms with Crippen molar-refractivity contribution in [2.45, 2.75) is 19.4 Å². The topological polar surface area (TPSA) is 34.2 Å². The van der Waals surface area contributed by atoms with Crippen molar-refractivity contribution >= 4 is 0 Å². The number of aromatic nitrogens is 1. The van der Waals surface area contributed by atoms with Crippen LogP contribution in [0.4, 0.5) is 4.39 Å². The van der Waals surface area contributed by atoms with Crippen molar-refractivity contribution < 1.29 is 9.13 Å². The van der Waals surface area contributed by atoms with Crippen LogP contribution in [-0.2, 0) is 11.3 Å². The highest BCUT2D eigenvalue weighted by molar-refractivity contribution is 5.09. The third-order valence-corrected chi connectivity index (χ3v) is 2.78. The fourth-order valence-corrected chi connectivity index (χ4v) is 1.94. The predicted molar refractivity (Wildman–Crippen MR) is 59.4 cm³/mol. The predicted octanol–water partition coefficient (Wildman–Crippen LogP) is 1.74. The molecule has 0 radical (unpaired) electrons. The second kappa shape index (κ2) is 5.92. The number of pyridine rings is 1. The Labute approximate surface area is 95.0 Å². The molecule has 1 aliphatic rings. The Morgan fingerprint density at radius 2 is 2.44 bits per heavy atom. The van der Waals surface area contributed by atoms with E-state index in [2.05, 4.69) is 10.3 Å². The summed E-state index contributed by atoms with van der Waals surface area (Å²) in [6, 6.07) is 1.51. The van der Waals surface area contributed by atoms with Gasteiger partial charge in [-0.2, -0.15) is 0 Å². The summed E-state index contributed by atoms with van der Waals surface area (Å²) in [4.78, 5) is 3.81. The summed E-state index contributed by atoms with van der Waals surface area (Å²) in [6.45, 7) is 3.33. The minimum absolute atomic E-state index is 0.278. The van der Waals surface area contributed by atoms with Crippen LogP contribution in [0.1, 0.15) is 18.4 Å². The van der Waals surface area contributed by atoms with Crippen LogP contribution in [0.5, 0.6) is 0 Å². The van der Waals surface area contributed by atoms with Crippen molar-refractivity contribution in [2.75, 3.05) is 19.8 Å². The van der Waals surface area contributed by atoms with Gasteiger partial charge in [0.2, 0.25) is 0 Å². The summed E-state index contributed by atoms with van der Waals surface area (Å²) >= 11 is 0. The molecule has 1 aromatic rings. The van der Waals surface area contributed by atoms with Crippen LogP contribution in [0.25, 0.3) is 0 Å². The van der Waals surface area contributed by atoms with Crippen molar-refractivity contribution in [2.24, 2.45) is 5.92 Å². The lowest BCUT2D eigenvalue weighted by atomic mass is 10.0. The second-order valence-corrected chi connectivity index (χ2v) is 4.23. The van der Waals surface area contributed by atoms with Gasteiger partial charge in [0.1, 0.15) is 5.82 Å². The molecule has 1 N–H and O–H groups in total. The largest absolute Gasteiger partial charge is 0.381 e. The molecule has 0 aliphatic carbocycles. The van der Waals surface area contributed by atoms with Crippen molar-refractivity contribution in [3.63, 3.8) is 0 Å². The van der Waals surface area contributed by atoms with Crippen molar-refractivity contribution in [1.29, 1.82) is 0 Å². The Morgan fingerprint density at radius 1 is 1.50 bits per heavy atom. The molecule has 88 valence electrons. The molecule has 4 heteroatoms. The van der Waals surface area contributed by atoms with Crippen LogP contribution in [-0.4, -0.2) is 24.7 Å². The smallest absolute Gasteiger partial charge is 0.141 e. The van der Waals surface area contributed by atoms with E-state index in [0.29, 0.717) is 12.5 Å². The summed E-state index contributed by atoms with van der Waals surface area (Å²) in [7, 11) is 0. The highest BCUT2D eigenvalue weighted by Crippen LogP contribution is 2.12. The van der Waals surface area contributed by atoms with Crippen molar-refractivity contribution in [1.82, 2.24) is 10.3 Å². The minimum atomic E-state index is -0.278. The number of nitrogens with zero attached hydrogens (tertiary/aromatic N) is 1. The summed E-state index contributed by atoms with van der Waals surface area (Å²) in [5.74, 6) is 0.315. The number of halogens is 1. The van der Waals surface area contributed by atoms with E-state index in [1.54, 1.807) is 6.20 Å². The summed E-state index contributed by atoms with van der Waals surface area (Å²) < 4.78 is 18.2. The molecule has 1 saturated heterocycles. The van der Waals surface area contributed by atoms with Crippen LogP contribution < -0.4 is 5.32 Å². The minimum Gasteiger partial charge on any atom is -0.381 e. The van der Waals surface area contributed by atoms with Gasteiger partial charge >= 0.3 is 0 Å². The maximum Gasteiger partial charge on any atom is 0.141 e. The first kappa shape index (κ1) is 11.5. The number of ether oxygens (including phenoxy) is 1. The number of hydrogen-bond donors (Lipinski definition) is 1. The Bertz CT molecular complexity index is 327. The first-order valence-electron chi connectivity index (χ1n) is 5.72. The molecule has 0 spiro atoms. The highest BCUT2D eigenvalue weighted by atomic mass is 19.1. The van der Waals surface area contributed by atoms with E-state index in [1.807, 2.05) is 0 Å². The Morgan fingerprint density at radius 3 is 3.19 bits per heavy atom. The molecule has 1 unspecified atom stereocenters. The van der Waals surface area contributed by atoms with E-state index in [1.165, 1.54) is 18.7 Å². The Kier molecular flexibility index (Phi) is 4.25. The average molecular weight is 224 g/mol. The molecular formula is C12H17FN2O. The maximum absolute atomic E-state index is 12.8. The maximum atomic E-state index is 12.8. The molecule has 0 bridgehead atoms. The van der Waals surface area contributed by atoms with Gasteiger partial charge in [-0.25, -0.2) is 4.39 Å². The highest BCUT2D eigenvalue weighted by Gasteiger charge is 2.12. The van der Waals surface area contributed by atoms with Gasteiger partial charge in [0, 0.05) is 25.9 Å². The van der Waals surface area contributed by atoms with Gasteiger partial charge in [0.05, 0.1) is 12.8 Å². The number of hydrogen-bond acceptors (Lipinski definition) is 3. The Hall–Kier alpha value is -1.00. The zero-order valence-corrected chi connectivity index (χ0v) is 9.29. The molecule has 3 nitrogen and oxygen atoms in total. The van der Waals surface area contributed by atoms with Gasteiger partial charge in [0.15, 0.2) is 0 Å². The van der Waals surface area contributed by atoms with E-state index in [-0.39, 0.29) is 5.82 Å². The molecule has 0 amide bonds. The molecule has 1 atom stereocenters. The first-order chi connectivity index (χ1) is 7.84. The summed E-state index contributed by atoms with van der Waals surface area (Å²) in [5, 5.41) is 3.31. The van der Waals surface area contributed by atoms with Gasteiger partial charge < -0.3 is 10.1 Å². The molecule has 2 heterocycles. The summed E-state index contributed by atoms with van der Waals surface area (Å²) in [6.07, 6.45) is 5.27. The normalized spacial score (nSPS) is 20.9. The van der Waals surface area contributed by atoms with Crippen LogP contribution in [0.15, 0.2) is 18.5 Å². The third-order valence-electron chi connectivity index (χ3n) is 2.78. The van der Waals surface area contributed by atoms with Crippen LogP contribution in [0.2, 0.25) is 0 Å². The van der Waals surface area contributed by atoms with Gasteiger partial charge in [-0.15, -0.1) is 0 Å². The molecule has 1 aromatic heterocycles. The lowest BCUT2D eigenvalue weighted by Crippen LogP contribution is -2.28.